The van der Waals surface area contributed by atoms with Crippen LogP contribution in [0.5, 0.6) is 0 Å². The number of allylic oxidation sites excluding steroid dienone is 1. The van der Waals surface area contributed by atoms with Gasteiger partial charge in [0.25, 0.3) is 0 Å². The molecular weight excluding hydrogens is 221 g/mol. The molecule has 1 unspecified atom stereocenters. The predicted octanol–water partition coefficient (Wildman–Crippen LogP) is 3.16. The number of nitrogens with zero attached hydrogens (tertiary/aromatic N) is 1. The van der Waals surface area contributed by atoms with Crippen molar-refractivity contribution in [3.05, 3.63) is 12.7 Å². The van der Waals surface area contributed by atoms with Gasteiger partial charge < -0.3 is 9.64 Å². The molecule has 1 amide bonds. The van der Waals surface area contributed by atoms with Crippen molar-refractivity contribution in [1.82, 2.24) is 4.90 Å². The average Bonchev–Trinajstić information content (AvgIpc) is 2.07. The van der Waals surface area contributed by atoms with Gasteiger partial charge in [-0.2, -0.15) is 0 Å². The number of alkyl halides is 1. The Labute approximate surface area is 103 Å². The van der Waals surface area contributed by atoms with Crippen molar-refractivity contribution in [3.63, 3.8) is 0 Å². The zero-order valence-electron chi connectivity index (χ0n) is 10.9. The van der Waals surface area contributed by atoms with Crippen molar-refractivity contribution in [3.8, 4) is 0 Å². The zero-order chi connectivity index (χ0) is 13.1. The van der Waals surface area contributed by atoms with E-state index in [1.165, 1.54) is 0 Å². The highest BCUT2D eigenvalue weighted by molar-refractivity contribution is 5.69. The van der Waals surface area contributed by atoms with Gasteiger partial charge in [-0.15, -0.1) is 6.58 Å². The lowest BCUT2D eigenvalue weighted by molar-refractivity contribution is -0.00548. The molecule has 1 aliphatic heterocycles. The van der Waals surface area contributed by atoms with E-state index in [1.807, 2.05) is 20.8 Å². The van der Waals surface area contributed by atoms with Crippen LogP contribution >= 0.6 is 0 Å². The lowest BCUT2D eigenvalue weighted by Crippen LogP contribution is -2.52. The first-order chi connectivity index (χ1) is 7.81. The Morgan fingerprint density at radius 3 is 2.65 bits per heavy atom. The molecule has 0 aromatic rings. The Morgan fingerprint density at radius 1 is 1.59 bits per heavy atom. The number of hydrogen-bond donors (Lipinski definition) is 0. The molecule has 4 heteroatoms. The number of rotatable bonds is 4. The Kier molecular flexibility index (Phi) is 4.54. The smallest absolute Gasteiger partial charge is 0.410 e. The maximum Gasteiger partial charge on any atom is 0.410 e. The molecule has 0 bridgehead atoms. The molecular formula is C13H22FNO2. The highest BCUT2D eigenvalue weighted by Gasteiger charge is 2.34. The maximum atomic E-state index is 13.3. The first-order valence-electron chi connectivity index (χ1n) is 6.04. The molecule has 0 aliphatic carbocycles. The van der Waals surface area contributed by atoms with Crippen LogP contribution in [0.1, 0.15) is 33.6 Å². The molecule has 1 fully saturated rings. The first-order valence-corrected chi connectivity index (χ1v) is 6.04. The summed E-state index contributed by atoms with van der Waals surface area (Å²) < 4.78 is 18.5. The standard InChI is InChI=1S/C13H22FNO2/c1-5-6-11(14)7-10-8-15(9-10)12(16)17-13(2,3)4/h5,10-11H,1,6-9H2,2-4H3. The number of halogens is 1. The van der Waals surface area contributed by atoms with E-state index in [1.54, 1.807) is 11.0 Å². The summed E-state index contributed by atoms with van der Waals surface area (Å²) in [6.45, 7) is 10.2. The molecule has 0 N–H and O–H groups in total. The number of carbonyl (C=O) groups is 1. The van der Waals surface area contributed by atoms with Crippen molar-refractivity contribution in [2.24, 2.45) is 5.92 Å². The molecule has 0 saturated carbocycles. The topological polar surface area (TPSA) is 29.5 Å². The second kappa shape index (κ2) is 5.52. The Hall–Kier alpha value is -1.06. The SMILES string of the molecule is C=CCC(F)CC1CN(C(=O)OC(C)(C)C)C1. The van der Waals surface area contributed by atoms with E-state index in [9.17, 15) is 9.18 Å². The molecule has 1 saturated heterocycles. The predicted molar refractivity (Wildman–Crippen MR) is 65.6 cm³/mol. The molecule has 0 spiro atoms. The minimum Gasteiger partial charge on any atom is -0.444 e. The van der Waals surface area contributed by atoms with E-state index in [-0.39, 0.29) is 12.0 Å². The van der Waals surface area contributed by atoms with Crippen LogP contribution < -0.4 is 0 Å². The van der Waals surface area contributed by atoms with Gasteiger partial charge in [-0.05, 0) is 39.5 Å². The molecule has 0 aromatic carbocycles. The Bertz CT molecular complexity index is 280. The number of carbonyl (C=O) groups excluding carboxylic acids is 1. The van der Waals surface area contributed by atoms with E-state index in [0.717, 1.165) is 0 Å². The summed E-state index contributed by atoms with van der Waals surface area (Å²) in [6.07, 6.45) is 1.36. The fourth-order valence-corrected chi connectivity index (χ4v) is 1.83. The summed E-state index contributed by atoms with van der Waals surface area (Å²) in [5, 5.41) is 0. The largest absolute Gasteiger partial charge is 0.444 e. The molecule has 0 radical (unpaired) electrons. The summed E-state index contributed by atoms with van der Waals surface area (Å²) in [5.74, 6) is 0.262. The molecule has 1 rings (SSSR count). The number of amides is 1. The van der Waals surface area contributed by atoms with Crippen LogP contribution in [-0.2, 0) is 4.74 Å². The Morgan fingerprint density at radius 2 is 2.18 bits per heavy atom. The Balaban J connectivity index is 2.22. The molecule has 1 atom stereocenters. The second-order valence-electron chi connectivity index (χ2n) is 5.61. The van der Waals surface area contributed by atoms with Crippen LogP contribution in [0.2, 0.25) is 0 Å². The summed E-state index contributed by atoms with van der Waals surface area (Å²) in [6, 6.07) is 0. The van der Waals surface area contributed by atoms with E-state index < -0.39 is 11.8 Å². The highest BCUT2D eigenvalue weighted by atomic mass is 19.1. The van der Waals surface area contributed by atoms with Gasteiger partial charge in [0.1, 0.15) is 11.8 Å². The summed E-state index contributed by atoms with van der Waals surface area (Å²) in [7, 11) is 0. The number of hydrogen-bond acceptors (Lipinski definition) is 2. The normalized spacial score (nSPS) is 18.5. The molecule has 0 aromatic heterocycles. The highest BCUT2D eigenvalue weighted by Crippen LogP contribution is 2.25. The second-order valence-corrected chi connectivity index (χ2v) is 5.61. The van der Waals surface area contributed by atoms with Crippen molar-refractivity contribution in [2.75, 3.05) is 13.1 Å². The molecule has 98 valence electrons. The number of ether oxygens (including phenoxy) is 1. The van der Waals surface area contributed by atoms with Gasteiger partial charge >= 0.3 is 6.09 Å². The summed E-state index contributed by atoms with van der Waals surface area (Å²) in [5.41, 5.74) is -0.465. The number of likely N-dealkylation sites (tertiary alicyclic amines) is 1. The van der Waals surface area contributed by atoms with Gasteiger partial charge in [0.05, 0.1) is 0 Å². The monoisotopic (exact) mass is 243 g/mol. The third kappa shape index (κ3) is 4.75. The van der Waals surface area contributed by atoms with Gasteiger partial charge in [0, 0.05) is 13.1 Å². The van der Waals surface area contributed by atoms with Crippen molar-refractivity contribution in [2.45, 2.75) is 45.4 Å². The third-order valence-electron chi connectivity index (χ3n) is 2.62. The van der Waals surface area contributed by atoms with Gasteiger partial charge in [0.2, 0.25) is 0 Å². The third-order valence-corrected chi connectivity index (χ3v) is 2.62. The van der Waals surface area contributed by atoms with Gasteiger partial charge in [-0.1, -0.05) is 6.08 Å². The minimum absolute atomic E-state index is 0.262. The van der Waals surface area contributed by atoms with Gasteiger partial charge in [-0.25, -0.2) is 9.18 Å². The molecule has 1 aliphatic rings. The zero-order valence-corrected chi connectivity index (χ0v) is 10.9. The van der Waals surface area contributed by atoms with E-state index in [0.29, 0.717) is 25.9 Å². The van der Waals surface area contributed by atoms with Crippen molar-refractivity contribution >= 4 is 6.09 Å². The molecule has 3 nitrogen and oxygen atoms in total. The van der Waals surface area contributed by atoms with Crippen LogP contribution in [-0.4, -0.2) is 35.9 Å². The fraction of sp³-hybridized carbons (Fsp3) is 0.769. The van der Waals surface area contributed by atoms with E-state index in [4.69, 9.17) is 4.74 Å². The first kappa shape index (κ1) is 14.0. The van der Waals surface area contributed by atoms with Crippen molar-refractivity contribution < 1.29 is 13.9 Å². The fourth-order valence-electron chi connectivity index (χ4n) is 1.83. The van der Waals surface area contributed by atoms with Crippen LogP contribution in [0.15, 0.2) is 12.7 Å². The van der Waals surface area contributed by atoms with Crippen LogP contribution in [0.4, 0.5) is 9.18 Å². The van der Waals surface area contributed by atoms with Crippen LogP contribution in [0.3, 0.4) is 0 Å². The van der Waals surface area contributed by atoms with E-state index in [2.05, 4.69) is 6.58 Å². The molecule has 17 heavy (non-hydrogen) atoms. The summed E-state index contributed by atoms with van der Waals surface area (Å²) >= 11 is 0. The molecule has 1 heterocycles. The maximum absolute atomic E-state index is 13.3. The quantitative estimate of drug-likeness (QED) is 0.710. The van der Waals surface area contributed by atoms with Crippen LogP contribution in [0.25, 0.3) is 0 Å². The van der Waals surface area contributed by atoms with Crippen LogP contribution in [0, 0.1) is 5.92 Å². The van der Waals surface area contributed by atoms with Gasteiger partial charge in [0.15, 0.2) is 0 Å². The summed E-state index contributed by atoms with van der Waals surface area (Å²) in [4.78, 5) is 13.2. The average molecular weight is 243 g/mol. The lowest BCUT2D eigenvalue weighted by atomic mass is 9.93. The minimum atomic E-state index is -0.835. The van der Waals surface area contributed by atoms with Gasteiger partial charge in [-0.3, -0.25) is 0 Å². The van der Waals surface area contributed by atoms with E-state index >= 15 is 0 Å². The lowest BCUT2D eigenvalue weighted by Gasteiger charge is -2.40. The van der Waals surface area contributed by atoms with Crippen molar-refractivity contribution in [1.29, 1.82) is 0 Å².